The third-order valence-corrected chi connectivity index (χ3v) is 3.25. The summed E-state index contributed by atoms with van der Waals surface area (Å²) in [6, 6.07) is 0. The van der Waals surface area contributed by atoms with Crippen molar-refractivity contribution in [3.8, 4) is 0 Å². The van der Waals surface area contributed by atoms with Crippen LogP contribution in [0.4, 0.5) is 0 Å². The summed E-state index contributed by atoms with van der Waals surface area (Å²) < 4.78 is 10.5. The molecule has 0 aliphatic carbocycles. The van der Waals surface area contributed by atoms with Crippen LogP contribution in [0, 0.1) is 0 Å². The number of hydrogen-bond acceptors (Lipinski definition) is 4. The molecule has 1 aromatic heterocycles. The predicted octanol–water partition coefficient (Wildman–Crippen LogP) is 3.40. The topological polar surface area (TPSA) is 48.2 Å². The first-order chi connectivity index (χ1) is 7.22. The molecule has 0 aliphatic heterocycles. The van der Waals surface area contributed by atoms with E-state index in [4.69, 9.17) is 9.26 Å². The molecule has 1 heterocycles. The van der Waals surface area contributed by atoms with Gasteiger partial charge < -0.3 is 9.26 Å². The molecule has 0 fully saturated rings. The second-order valence-corrected chi connectivity index (χ2v) is 4.48. The van der Waals surface area contributed by atoms with Crippen molar-refractivity contribution in [3.63, 3.8) is 0 Å². The van der Waals surface area contributed by atoms with Crippen molar-refractivity contribution in [1.82, 2.24) is 10.1 Å². The minimum atomic E-state index is -0.0518. The molecule has 0 spiro atoms. The average molecular weight is 277 g/mol. The van der Waals surface area contributed by atoms with Crippen LogP contribution in [0.1, 0.15) is 55.8 Å². The van der Waals surface area contributed by atoms with Gasteiger partial charge >= 0.3 is 0 Å². The van der Waals surface area contributed by atoms with E-state index in [2.05, 4.69) is 39.9 Å². The Morgan fingerprint density at radius 2 is 2.20 bits per heavy atom. The van der Waals surface area contributed by atoms with Gasteiger partial charge in [-0.15, -0.1) is 0 Å². The van der Waals surface area contributed by atoms with Crippen LogP contribution in [0.25, 0.3) is 0 Å². The van der Waals surface area contributed by atoms with E-state index >= 15 is 0 Å². The number of hydrogen-bond donors (Lipinski definition) is 0. The number of halogens is 1. The van der Waals surface area contributed by atoms with Crippen molar-refractivity contribution in [1.29, 1.82) is 0 Å². The molecule has 0 aromatic carbocycles. The second-order valence-electron chi connectivity index (χ2n) is 3.38. The predicted molar refractivity (Wildman–Crippen MR) is 60.9 cm³/mol. The van der Waals surface area contributed by atoms with Gasteiger partial charge in [0.15, 0.2) is 0 Å². The first kappa shape index (κ1) is 12.6. The Morgan fingerprint density at radius 3 is 2.73 bits per heavy atom. The van der Waals surface area contributed by atoms with Gasteiger partial charge in [0, 0.05) is 7.11 Å². The normalized spacial score (nSPS) is 15.2. The van der Waals surface area contributed by atoms with E-state index < -0.39 is 0 Å². The maximum atomic E-state index is 5.30. The van der Waals surface area contributed by atoms with Gasteiger partial charge in [0.05, 0.1) is 4.83 Å². The maximum Gasteiger partial charge on any atom is 0.240 e. The van der Waals surface area contributed by atoms with Crippen molar-refractivity contribution in [2.75, 3.05) is 7.11 Å². The van der Waals surface area contributed by atoms with Crippen LogP contribution in [-0.2, 0) is 4.74 Å². The summed E-state index contributed by atoms with van der Waals surface area (Å²) in [6.07, 6.45) is 2.82. The van der Waals surface area contributed by atoms with E-state index in [1.165, 1.54) is 0 Å². The molecule has 0 bridgehead atoms. The van der Waals surface area contributed by atoms with Crippen LogP contribution < -0.4 is 0 Å². The number of aromatic nitrogens is 2. The molecule has 0 aliphatic rings. The van der Waals surface area contributed by atoms with Crippen molar-refractivity contribution in [2.24, 2.45) is 0 Å². The first-order valence-electron chi connectivity index (χ1n) is 5.23. The molecule has 5 heteroatoms. The highest BCUT2D eigenvalue weighted by Crippen LogP contribution is 2.26. The SMILES string of the molecule is CCCC(OC)c1noc(C(Br)CC)n1. The average Bonchev–Trinajstić information content (AvgIpc) is 2.73. The summed E-state index contributed by atoms with van der Waals surface area (Å²) in [4.78, 5) is 4.46. The Morgan fingerprint density at radius 1 is 1.47 bits per heavy atom. The van der Waals surface area contributed by atoms with Crippen LogP contribution >= 0.6 is 15.9 Å². The molecule has 1 aromatic rings. The van der Waals surface area contributed by atoms with Crippen molar-refractivity contribution in [3.05, 3.63) is 11.7 Å². The summed E-state index contributed by atoms with van der Waals surface area (Å²) in [5, 5.41) is 3.93. The Bertz CT molecular complexity index is 291. The minimum Gasteiger partial charge on any atom is -0.373 e. The van der Waals surface area contributed by atoms with Crippen molar-refractivity contribution < 1.29 is 9.26 Å². The zero-order valence-corrected chi connectivity index (χ0v) is 11.0. The lowest BCUT2D eigenvalue weighted by Crippen LogP contribution is -2.03. The molecule has 0 N–H and O–H groups in total. The van der Waals surface area contributed by atoms with E-state index in [0.29, 0.717) is 11.7 Å². The fraction of sp³-hybridized carbons (Fsp3) is 0.800. The summed E-state index contributed by atoms with van der Waals surface area (Å²) in [6.45, 7) is 4.16. The van der Waals surface area contributed by atoms with Gasteiger partial charge in [0.25, 0.3) is 0 Å². The van der Waals surface area contributed by atoms with Crippen molar-refractivity contribution >= 4 is 15.9 Å². The van der Waals surface area contributed by atoms with E-state index in [1.54, 1.807) is 7.11 Å². The Kier molecular flexibility index (Phi) is 5.25. The number of nitrogens with zero attached hydrogens (tertiary/aromatic N) is 2. The fourth-order valence-corrected chi connectivity index (χ4v) is 1.48. The van der Waals surface area contributed by atoms with Gasteiger partial charge in [-0.1, -0.05) is 41.4 Å². The van der Waals surface area contributed by atoms with Gasteiger partial charge in [-0.2, -0.15) is 4.98 Å². The van der Waals surface area contributed by atoms with Gasteiger partial charge in [-0.3, -0.25) is 0 Å². The van der Waals surface area contributed by atoms with Crippen LogP contribution in [0.5, 0.6) is 0 Å². The lowest BCUT2D eigenvalue weighted by atomic mass is 10.2. The molecule has 0 radical (unpaired) electrons. The van der Waals surface area contributed by atoms with Crippen LogP contribution in [-0.4, -0.2) is 17.3 Å². The molecule has 4 nitrogen and oxygen atoms in total. The molecule has 0 saturated heterocycles. The minimum absolute atomic E-state index is 0.0518. The molecule has 0 saturated carbocycles. The number of methoxy groups -OCH3 is 1. The molecule has 15 heavy (non-hydrogen) atoms. The molecular weight excluding hydrogens is 260 g/mol. The van der Waals surface area contributed by atoms with E-state index in [-0.39, 0.29) is 10.9 Å². The maximum absolute atomic E-state index is 5.30. The molecule has 86 valence electrons. The van der Waals surface area contributed by atoms with E-state index in [9.17, 15) is 0 Å². The number of ether oxygens (including phenoxy) is 1. The van der Waals surface area contributed by atoms with Gasteiger partial charge in [-0.25, -0.2) is 0 Å². The highest BCUT2D eigenvalue weighted by atomic mass is 79.9. The summed E-state index contributed by atoms with van der Waals surface area (Å²) in [7, 11) is 1.67. The monoisotopic (exact) mass is 276 g/mol. The summed E-state index contributed by atoms with van der Waals surface area (Å²) >= 11 is 3.47. The van der Waals surface area contributed by atoms with Gasteiger partial charge in [0.1, 0.15) is 6.10 Å². The molecular formula is C10H17BrN2O2. The molecule has 1 rings (SSSR count). The highest BCUT2D eigenvalue weighted by molar-refractivity contribution is 9.09. The smallest absolute Gasteiger partial charge is 0.240 e. The van der Waals surface area contributed by atoms with Crippen LogP contribution in [0.2, 0.25) is 0 Å². The van der Waals surface area contributed by atoms with Crippen LogP contribution in [0.15, 0.2) is 4.52 Å². The third-order valence-electron chi connectivity index (χ3n) is 2.21. The van der Waals surface area contributed by atoms with E-state index in [0.717, 1.165) is 19.3 Å². The Balaban J connectivity index is 2.72. The fourth-order valence-electron chi connectivity index (χ4n) is 1.29. The largest absolute Gasteiger partial charge is 0.373 e. The van der Waals surface area contributed by atoms with Crippen LogP contribution in [0.3, 0.4) is 0 Å². The molecule has 2 unspecified atom stereocenters. The summed E-state index contributed by atoms with van der Waals surface area (Å²) in [5.74, 6) is 1.28. The second kappa shape index (κ2) is 6.23. The number of alkyl halides is 1. The molecule has 0 amide bonds. The zero-order chi connectivity index (χ0) is 11.3. The Labute approximate surface area is 98.5 Å². The van der Waals surface area contributed by atoms with E-state index in [1.807, 2.05) is 0 Å². The summed E-state index contributed by atoms with van der Waals surface area (Å²) in [5.41, 5.74) is 0. The zero-order valence-electron chi connectivity index (χ0n) is 9.36. The van der Waals surface area contributed by atoms with Gasteiger partial charge in [-0.05, 0) is 12.8 Å². The standard InChI is InChI=1S/C10H17BrN2O2/c1-4-6-8(14-3)9-12-10(15-13-9)7(11)5-2/h7-8H,4-6H2,1-3H3. The van der Waals surface area contributed by atoms with Crippen molar-refractivity contribution in [2.45, 2.75) is 44.0 Å². The Hall–Kier alpha value is -0.420. The third kappa shape index (κ3) is 3.28. The lowest BCUT2D eigenvalue weighted by Gasteiger charge is -2.08. The first-order valence-corrected chi connectivity index (χ1v) is 6.14. The highest BCUT2D eigenvalue weighted by Gasteiger charge is 2.19. The number of rotatable bonds is 6. The lowest BCUT2D eigenvalue weighted by molar-refractivity contribution is 0.0854. The quantitative estimate of drug-likeness (QED) is 0.748. The molecule has 2 atom stereocenters. The van der Waals surface area contributed by atoms with Gasteiger partial charge in [0.2, 0.25) is 11.7 Å².